The third-order valence-electron chi connectivity index (χ3n) is 2.49. The van der Waals surface area contributed by atoms with Gasteiger partial charge in [0.05, 0.1) is 13.5 Å². The number of hydrogen-bond acceptors (Lipinski definition) is 4. The molecule has 0 aromatic heterocycles. The van der Waals surface area contributed by atoms with E-state index in [9.17, 15) is 14.4 Å². The summed E-state index contributed by atoms with van der Waals surface area (Å²) in [5.74, 6) is -1.14. The van der Waals surface area contributed by atoms with Gasteiger partial charge in [-0.15, -0.1) is 0 Å². The van der Waals surface area contributed by atoms with Gasteiger partial charge in [-0.05, 0) is 19.3 Å². The molecule has 0 aliphatic heterocycles. The molecule has 0 aliphatic rings. The number of hydrogen-bond donors (Lipinski definition) is 1. The van der Waals surface area contributed by atoms with E-state index < -0.39 is 17.9 Å². The Kier molecular flexibility index (Phi) is 7.18. The first kappa shape index (κ1) is 15.6. The van der Waals surface area contributed by atoms with Crippen molar-refractivity contribution in [1.82, 2.24) is 5.32 Å². The minimum absolute atomic E-state index is 0.0108. The first-order valence-electron chi connectivity index (χ1n) is 5.79. The third kappa shape index (κ3) is 6.04. The molecule has 0 saturated heterocycles. The molecule has 98 valence electrons. The number of amides is 1. The number of methoxy groups -OCH3 is 1. The first-order chi connectivity index (χ1) is 7.92. The fourth-order valence-corrected chi connectivity index (χ4v) is 1.63. The number of carbonyl (C=O) groups excluding carboxylic acids is 3. The number of nitrogens with one attached hydrogen (secondary N) is 1. The quantitative estimate of drug-likeness (QED) is 0.536. The maximum atomic E-state index is 11.5. The van der Waals surface area contributed by atoms with E-state index in [1.165, 1.54) is 14.0 Å². The second kappa shape index (κ2) is 7.81. The Morgan fingerprint density at radius 2 is 1.88 bits per heavy atom. The highest BCUT2D eigenvalue weighted by Gasteiger charge is 2.27. The molecule has 0 spiro atoms. The molecule has 0 aromatic rings. The zero-order valence-corrected chi connectivity index (χ0v) is 10.9. The lowest BCUT2D eigenvalue weighted by molar-refractivity contribution is -0.147. The summed E-state index contributed by atoms with van der Waals surface area (Å²) in [6, 6.07) is -0.674. The Labute approximate surface area is 102 Å². The summed E-state index contributed by atoms with van der Waals surface area (Å²) in [6.07, 6.45) is 1.52. The lowest BCUT2D eigenvalue weighted by atomic mass is 9.96. The molecule has 0 saturated carbocycles. The van der Waals surface area contributed by atoms with Gasteiger partial charge < -0.3 is 10.1 Å². The SMILES string of the molecule is CCCC(C)C(NC(=O)CC(C)=O)C(=O)OC. The molecule has 17 heavy (non-hydrogen) atoms. The average Bonchev–Trinajstić information content (AvgIpc) is 2.24. The van der Waals surface area contributed by atoms with E-state index in [1.807, 2.05) is 13.8 Å². The number of carbonyl (C=O) groups is 3. The summed E-state index contributed by atoms with van der Waals surface area (Å²) >= 11 is 0. The predicted molar refractivity (Wildman–Crippen MR) is 63.3 cm³/mol. The number of esters is 1. The molecule has 0 fully saturated rings. The van der Waals surface area contributed by atoms with Gasteiger partial charge in [0.15, 0.2) is 0 Å². The number of rotatable bonds is 7. The van der Waals surface area contributed by atoms with Crippen LogP contribution in [0.3, 0.4) is 0 Å². The molecule has 0 aliphatic carbocycles. The van der Waals surface area contributed by atoms with Crippen LogP contribution in [0.1, 0.15) is 40.0 Å². The van der Waals surface area contributed by atoms with Crippen LogP contribution in [-0.2, 0) is 19.1 Å². The van der Waals surface area contributed by atoms with Crippen LogP contribution in [0, 0.1) is 5.92 Å². The van der Waals surface area contributed by atoms with Crippen molar-refractivity contribution in [3.8, 4) is 0 Å². The van der Waals surface area contributed by atoms with Gasteiger partial charge in [-0.3, -0.25) is 9.59 Å². The molecule has 0 heterocycles. The largest absolute Gasteiger partial charge is 0.467 e. The predicted octanol–water partition coefficient (Wildman–Crippen LogP) is 1.06. The summed E-state index contributed by atoms with van der Waals surface area (Å²) in [5, 5.41) is 2.55. The Bertz CT molecular complexity index is 288. The van der Waals surface area contributed by atoms with Crippen molar-refractivity contribution in [2.24, 2.45) is 5.92 Å². The lowest BCUT2D eigenvalue weighted by Gasteiger charge is -2.22. The standard InChI is InChI=1S/C12H21NO4/c1-5-6-8(2)11(12(16)17-4)13-10(15)7-9(3)14/h8,11H,5-7H2,1-4H3,(H,13,15). The van der Waals surface area contributed by atoms with Gasteiger partial charge in [0.1, 0.15) is 11.8 Å². The van der Waals surface area contributed by atoms with Crippen LogP contribution in [0.25, 0.3) is 0 Å². The molecule has 2 atom stereocenters. The molecule has 5 heteroatoms. The Morgan fingerprint density at radius 3 is 2.29 bits per heavy atom. The zero-order chi connectivity index (χ0) is 13.4. The van der Waals surface area contributed by atoms with Crippen molar-refractivity contribution in [3.05, 3.63) is 0 Å². The fraction of sp³-hybridized carbons (Fsp3) is 0.750. The van der Waals surface area contributed by atoms with Crippen molar-refractivity contribution in [2.75, 3.05) is 7.11 Å². The van der Waals surface area contributed by atoms with Gasteiger partial charge in [-0.25, -0.2) is 4.79 Å². The summed E-state index contributed by atoms with van der Waals surface area (Å²) in [5.41, 5.74) is 0. The lowest BCUT2D eigenvalue weighted by Crippen LogP contribution is -2.46. The van der Waals surface area contributed by atoms with Crippen LogP contribution in [0.2, 0.25) is 0 Å². The minimum Gasteiger partial charge on any atom is -0.467 e. The number of Topliss-reactive ketones (excluding diaryl/α,β-unsaturated/α-hetero) is 1. The topological polar surface area (TPSA) is 72.5 Å². The Morgan fingerprint density at radius 1 is 1.29 bits per heavy atom. The molecule has 0 rings (SSSR count). The van der Waals surface area contributed by atoms with E-state index >= 15 is 0 Å². The molecule has 5 nitrogen and oxygen atoms in total. The van der Waals surface area contributed by atoms with Crippen LogP contribution in [0.5, 0.6) is 0 Å². The van der Waals surface area contributed by atoms with E-state index in [4.69, 9.17) is 0 Å². The van der Waals surface area contributed by atoms with Gasteiger partial charge in [-0.1, -0.05) is 20.3 Å². The summed E-state index contributed by atoms with van der Waals surface area (Å²) in [7, 11) is 1.28. The van der Waals surface area contributed by atoms with Gasteiger partial charge in [-0.2, -0.15) is 0 Å². The smallest absolute Gasteiger partial charge is 0.328 e. The van der Waals surface area contributed by atoms with Crippen molar-refractivity contribution in [2.45, 2.75) is 46.1 Å². The fourth-order valence-electron chi connectivity index (χ4n) is 1.63. The minimum atomic E-state index is -0.674. The Balaban J connectivity index is 4.53. The molecule has 2 unspecified atom stereocenters. The summed E-state index contributed by atoms with van der Waals surface area (Å²) in [4.78, 5) is 33.8. The molecule has 1 N–H and O–H groups in total. The van der Waals surface area contributed by atoms with E-state index in [-0.39, 0.29) is 18.1 Å². The van der Waals surface area contributed by atoms with E-state index in [1.54, 1.807) is 0 Å². The molecular weight excluding hydrogens is 222 g/mol. The summed E-state index contributed by atoms with van der Waals surface area (Å²) in [6.45, 7) is 5.21. The molecule has 0 radical (unpaired) electrons. The molecular formula is C12H21NO4. The average molecular weight is 243 g/mol. The Hall–Kier alpha value is -1.39. The van der Waals surface area contributed by atoms with Crippen LogP contribution in [0.4, 0.5) is 0 Å². The monoisotopic (exact) mass is 243 g/mol. The maximum Gasteiger partial charge on any atom is 0.328 e. The highest BCUT2D eigenvalue weighted by atomic mass is 16.5. The van der Waals surface area contributed by atoms with Crippen molar-refractivity contribution in [1.29, 1.82) is 0 Å². The highest BCUT2D eigenvalue weighted by Crippen LogP contribution is 2.12. The second-order valence-electron chi connectivity index (χ2n) is 4.21. The van der Waals surface area contributed by atoms with Gasteiger partial charge >= 0.3 is 5.97 Å². The third-order valence-corrected chi connectivity index (χ3v) is 2.49. The van der Waals surface area contributed by atoms with Gasteiger partial charge in [0.25, 0.3) is 0 Å². The van der Waals surface area contributed by atoms with Crippen molar-refractivity contribution in [3.63, 3.8) is 0 Å². The first-order valence-corrected chi connectivity index (χ1v) is 5.79. The van der Waals surface area contributed by atoms with Crippen LogP contribution in [-0.4, -0.2) is 30.8 Å². The number of ether oxygens (including phenoxy) is 1. The zero-order valence-electron chi connectivity index (χ0n) is 10.9. The van der Waals surface area contributed by atoms with Crippen molar-refractivity contribution >= 4 is 17.7 Å². The normalized spacial score (nSPS) is 13.6. The number of ketones is 1. The molecule has 0 aromatic carbocycles. The highest BCUT2D eigenvalue weighted by molar-refractivity contribution is 5.98. The van der Waals surface area contributed by atoms with E-state index in [2.05, 4.69) is 10.1 Å². The van der Waals surface area contributed by atoms with E-state index in [0.29, 0.717) is 0 Å². The maximum absolute atomic E-state index is 11.5. The van der Waals surface area contributed by atoms with Crippen LogP contribution >= 0.6 is 0 Å². The van der Waals surface area contributed by atoms with Crippen LogP contribution < -0.4 is 5.32 Å². The molecule has 0 bridgehead atoms. The molecule has 1 amide bonds. The second-order valence-corrected chi connectivity index (χ2v) is 4.21. The summed E-state index contributed by atoms with van der Waals surface area (Å²) < 4.78 is 4.65. The van der Waals surface area contributed by atoms with Gasteiger partial charge in [0.2, 0.25) is 5.91 Å². The van der Waals surface area contributed by atoms with Crippen LogP contribution in [0.15, 0.2) is 0 Å². The van der Waals surface area contributed by atoms with Gasteiger partial charge in [0, 0.05) is 0 Å². The van der Waals surface area contributed by atoms with Crippen molar-refractivity contribution < 1.29 is 19.1 Å². The van der Waals surface area contributed by atoms with E-state index in [0.717, 1.165) is 12.8 Å².